The zero-order valence-electron chi connectivity index (χ0n) is 16.5. The van der Waals surface area contributed by atoms with E-state index in [4.69, 9.17) is 23.2 Å². The molecule has 0 aliphatic carbocycles. The van der Waals surface area contributed by atoms with Crippen LogP contribution in [0.5, 0.6) is 5.75 Å². The van der Waals surface area contributed by atoms with Crippen molar-refractivity contribution in [2.75, 3.05) is 0 Å². The molecule has 0 atom stereocenters. The first-order chi connectivity index (χ1) is 15.7. The van der Waals surface area contributed by atoms with Gasteiger partial charge in [0.1, 0.15) is 22.7 Å². The summed E-state index contributed by atoms with van der Waals surface area (Å²) >= 11 is 11.9. The number of rotatable bonds is 4. The van der Waals surface area contributed by atoms with Crippen LogP contribution < -0.4 is 5.36 Å². The zero-order valence-corrected chi connectivity index (χ0v) is 18.0. The number of aromatic hydroxyl groups is 1. The van der Waals surface area contributed by atoms with Gasteiger partial charge in [0.2, 0.25) is 0 Å². The lowest BCUT2D eigenvalue weighted by molar-refractivity contribution is -0.114. The molecule has 0 saturated heterocycles. The number of carbonyl (C=O) groups excluding carboxylic acids is 2. The molecule has 0 fully saturated rings. The lowest BCUT2D eigenvalue weighted by Gasteiger charge is -2.08. The van der Waals surface area contributed by atoms with E-state index in [2.05, 4.69) is 4.99 Å². The Bertz CT molecular complexity index is 1470. The molecule has 4 aromatic rings. The molecule has 0 aliphatic heterocycles. The van der Waals surface area contributed by atoms with E-state index < -0.39 is 23.3 Å². The number of phenolic OH excluding ortho intramolecular Hbond substituents is 1. The first-order valence-corrected chi connectivity index (χ1v) is 10.1. The Morgan fingerprint density at radius 3 is 2.27 bits per heavy atom. The van der Waals surface area contributed by atoms with E-state index in [1.165, 1.54) is 35.0 Å². The van der Waals surface area contributed by atoms with Gasteiger partial charge in [-0.05, 0) is 30.3 Å². The Balaban J connectivity index is 1.81. The molecule has 0 aliphatic rings. The number of aromatic nitrogens is 2. The maximum Gasteiger partial charge on any atom is 0.318 e. The van der Waals surface area contributed by atoms with Crippen LogP contribution in [-0.4, -0.2) is 31.3 Å². The van der Waals surface area contributed by atoms with Crippen molar-refractivity contribution in [3.8, 4) is 5.75 Å². The van der Waals surface area contributed by atoms with Gasteiger partial charge >= 0.3 is 5.91 Å². The number of carbonyl (C=O) groups is 2. The number of halogens is 4. The molecule has 2 aromatic carbocycles. The molecule has 0 spiro atoms. The second kappa shape index (κ2) is 8.68. The number of pyridine rings is 1. The Kier molecular flexibility index (Phi) is 5.92. The molecular formula is C22H13Cl2F2N3O4. The van der Waals surface area contributed by atoms with Crippen LogP contribution in [-0.2, 0) is 11.3 Å². The normalized spacial score (nSPS) is 11.0. The molecule has 33 heavy (non-hydrogen) atoms. The molecular weight excluding hydrogens is 479 g/mol. The third-order valence-electron chi connectivity index (χ3n) is 4.85. The van der Waals surface area contributed by atoms with Gasteiger partial charge in [-0.15, -0.1) is 0 Å². The molecule has 7 nitrogen and oxygen atoms in total. The van der Waals surface area contributed by atoms with E-state index in [1.807, 2.05) is 0 Å². The predicted molar refractivity (Wildman–Crippen MR) is 116 cm³/mol. The SMILES string of the molecule is O=C(N=c1c(Cl)cn(O)cc1Cl)C(=O)c1cn(Cc2c(F)cccc2F)c2ccc(O)cc12. The summed E-state index contributed by atoms with van der Waals surface area (Å²) in [6.07, 6.45) is 3.30. The van der Waals surface area contributed by atoms with Crippen molar-refractivity contribution in [2.45, 2.75) is 6.54 Å². The van der Waals surface area contributed by atoms with Crippen molar-refractivity contribution in [2.24, 2.45) is 4.99 Å². The average molecular weight is 492 g/mol. The summed E-state index contributed by atoms with van der Waals surface area (Å²) in [4.78, 5) is 29.2. The molecule has 2 aromatic heterocycles. The maximum atomic E-state index is 14.2. The number of fused-ring (bicyclic) bond motifs is 1. The van der Waals surface area contributed by atoms with Gasteiger partial charge in [-0.2, -0.15) is 4.73 Å². The Hall–Kier alpha value is -3.69. The van der Waals surface area contributed by atoms with Crippen LogP contribution in [0.3, 0.4) is 0 Å². The number of amides is 1. The number of hydrogen-bond acceptors (Lipinski definition) is 4. The highest BCUT2D eigenvalue weighted by atomic mass is 35.5. The van der Waals surface area contributed by atoms with Crippen molar-refractivity contribution in [3.63, 3.8) is 0 Å². The van der Waals surface area contributed by atoms with Crippen molar-refractivity contribution < 1.29 is 28.7 Å². The van der Waals surface area contributed by atoms with Crippen LogP contribution in [0.15, 0.2) is 60.0 Å². The summed E-state index contributed by atoms with van der Waals surface area (Å²) in [6.45, 7) is -0.273. The summed E-state index contributed by atoms with van der Waals surface area (Å²) in [7, 11) is 0. The summed E-state index contributed by atoms with van der Waals surface area (Å²) < 4.78 is 30.3. The van der Waals surface area contributed by atoms with Gasteiger partial charge in [0, 0.05) is 22.7 Å². The van der Waals surface area contributed by atoms with Gasteiger partial charge < -0.3 is 14.9 Å². The molecule has 168 valence electrons. The van der Waals surface area contributed by atoms with Gasteiger partial charge in [-0.3, -0.25) is 9.59 Å². The molecule has 0 saturated carbocycles. The van der Waals surface area contributed by atoms with Crippen molar-refractivity contribution in [1.82, 2.24) is 9.30 Å². The highest BCUT2D eigenvalue weighted by Gasteiger charge is 2.23. The van der Waals surface area contributed by atoms with Crippen LogP contribution in [0, 0.1) is 11.6 Å². The second-order valence-electron chi connectivity index (χ2n) is 7.00. The summed E-state index contributed by atoms with van der Waals surface area (Å²) in [6, 6.07) is 7.48. The minimum absolute atomic E-state index is 0.146. The van der Waals surface area contributed by atoms with E-state index in [1.54, 1.807) is 0 Å². The van der Waals surface area contributed by atoms with Crippen molar-refractivity contribution in [3.05, 3.63) is 93.2 Å². The van der Waals surface area contributed by atoms with Gasteiger partial charge in [-0.1, -0.05) is 29.3 Å². The molecule has 0 bridgehead atoms. The Labute approximate surface area is 194 Å². The molecule has 0 unspecified atom stereocenters. The maximum absolute atomic E-state index is 14.2. The van der Waals surface area contributed by atoms with Crippen LogP contribution >= 0.6 is 23.2 Å². The lowest BCUT2D eigenvalue weighted by atomic mass is 10.1. The molecule has 2 N–H and O–H groups in total. The number of hydrogen-bond donors (Lipinski definition) is 2. The lowest BCUT2D eigenvalue weighted by Crippen LogP contribution is -2.18. The second-order valence-corrected chi connectivity index (χ2v) is 7.82. The van der Waals surface area contributed by atoms with Gasteiger partial charge in [0.15, 0.2) is 0 Å². The standard InChI is InChI=1S/C22H13Cl2F2N3O4/c23-15-9-29(33)10-16(24)20(15)27-22(32)21(31)13-7-28(19-5-4-11(30)6-12(13)19)8-14-17(25)2-1-3-18(14)26/h1-7,9-10,30,33H,8H2. The van der Waals surface area contributed by atoms with Gasteiger partial charge in [0.05, 0.1) is 34.5 Å². The molecule has 0 radical (unpaired) electrons. The minimum Gasteiger partial charge on any atom is -0.508 e. The van der Waals surface area contributed by atoms with Crippen LogP contribution in [0.25, 0.3) is 10.9 Å². The molecule has 11 heteroatoms. The van der Waals surface area contributed by atoms with E-state index in [0.717, 1.165) is 24.5 Å². The highest BCUT2D eigenvalue weighted by molar-refractivity contribution is 6.45. The Morgan fingerprint density at radius 1 is 1.00 bits per heavy atom. The molecule has 1 amide bonds. The van der Waals surface area contributed by atoms with Gasteiger partial charge in [-0.25, -0.2) is 13.8 Å². The third-order valence-corrected chi connectivity index (χ3v) is 5.40. The van der Waals surface area contributed by atoms with Gasteiger partial charge in [0.25, 0.3) is 5.78 Å². The van der Waals surface area contributed by atoms with E-state index in [-0.39, 0.29) is 44.2 Å². The Morgan fingerprint density at radius 2 is 1.64 bits per heavy atom. The average Bonchev–Trinajstić information content (AvgIpc) is 3.10. The number of ketones is 1. The minimum atomic E-state index is -1.23. The quantitative estimate of drug-likeness (QED) is 0.252. The third kappa shape index (κ3) is 4.33. The fourth-order valence-electron chi connectivity index (χ4n) is 3.33. The monoisotopic (exact) mass is 491 g/mol. The van der Waals surface area contributed by atoms with E-state index in [9.17, 15) is 28.7 Å². The fraction of sp³-hybridized carbons (Fsp3) is 0.0455. The first kappa shape index (κ1) is 22.5. The van der Waals surface area contributed by atoms with E-state index in [0.29, 0.717) is 10.2 Å². The highest BCUT2D eigenvalue weighted by Crippen LogP contribution is 2.28. The predicted octanol–water partition coefficient (Wildman–Crippen LogP) is 4.33. The zero-order chi connectivity index (χ0) is 23.9. The van der Waals surface area contributed by atoms with Crippen LogP contribution in [0.2, 0.25) is 10.0 Å². The number of Topliss-reactive ketones (excluding diaryl/α,β-unsaturated/α-hetero) is 1. The summed E-state index contributed by atoms with van der Waals surface area (Å²) in [5, 5.41) is 18.9. The number of phenols is 1. The fourth-order valence-corrected chi connectivity index (χ4v) is 3.87. The van der Waals surface area contributed by atoms with Crippen molar-refractivity contribution >= 4 is 45.8 Å². The smallest absolute Gasteiger partial charge is 0.318 e. The molecule has 2 heterocycles. The topological polar surface area (TPSA) is 96.8 Å². The van der Waals surface area contributed by atoms with Crippen LogP contribution in [0.4, 0.5) is 8.78 Å². The van der Waals surface area contributed by atoms with Crippen molar-refractivity contribution in [1.29, 1.82) is 0 Å². The van der Waals surface area contributed by atoms with E-state index >= 15 is 0 Å². The number of nitrogens with zero attached hydrogens (tertiary/aromatic N) is 3. The summed E-state index contributed by atoms with van der Waals surface area (Å²) in [5.41, 5.74) is -0.0341. The largest absolute Gasteiger partial charge is 0.508 e. The van der Waals surface area contributed by atoms with Crippen LogP contribution in [0.1, 0.15) is 15.9 Å². The number of benzene rings is 2. The summed E-state index contributed by atoms with van der Waals surface area (Å²) in [5.74, 6) is -4.02. The first-order valence-electron chi connectivity index (χ1n) is 9.30. The molecule has 4 rings (SSSR count).